The predicted molar refractivity (Wildman–Crippen MR) is 56.2 cm³/mol. The van der Waals surface area contributed by atoms with Gasteiger partial charge in [-0.15, -0.1) is 0 Å². The standard InChI is InChI=1S/C10H13BrFN/c1-5-4-8(11)6(2)9(7(3)13)10(5)12/h4,7H,13H2,1-3H3. The van der Waals surface area contributed by atoms with Crippen LogP contribution in [0.2, 0.25) is 0 Å². The summed E-state index contributed by atoms with van der Waals surface area (Å²) in [4.78, 5) is 0. The molecule has 0 heterocycles. The first-order valence-corrected chi connectivity index (χ1v) is 4.95. The van der Waals surface area contributed by atoms with Gasteiger partial charge in [-0.05, 0) is 38.0 Å². The van der Waals surface area contributed by atoms with Crippen LogP contribution in [-0.4, -0.2) is 0 Å². The molecule has 0 amide bonds. The topological polar surface area (TPSA) is 26.0 Å². The van der Waals surface area contributed by atoms with E-state index in [1.807, 2.05) is 6.92 Å². The fraction of sp³-hybridized carbons (Fsp3) is 0.400. The third-order valence-electron chi connectivity index (χ3n) is 2.14. The van der Waals surface area contributed by atoms with Crippen molar-refractivity contribution in [2.45, 2.75) is 26.8 Å². The fourth-order valence-electron chi connectivity index (χ4n) is 1.41. The van der Waals surface area contributed by atoms with Crippen molar-refractivity contribution < 1.29 is 4.39 Å². The highest BCUT2D eigenvalue weighted by atomic mass is 79.9. The van der Waals surface area contributed by atoms with E-state index in [0.717, 1.165) is 10.0 Å². The lowest BCUT2D eigenvalue weighted by atomic mass is 9.99. The van der Waals surface area contributed by atoms with E-state index >= 15 is 0 Å². The van der Waals surface area contributed by atoms with Crippen molar-refractivity contribution >= 4 is 15.9 Å². The number of aryl methyl sites for hydroxylation is 1. The van der Waals surface area contributed by atoms with Crippen molar-refractivity contribution in [3.05, 3.63) is 33.0 Å². The highest BCUT2D eigenvalue weighted by Crippen LogP contribution is 2.28. The molecule has 1 atom stereocenters. The van der Waals surface area contributed by atoms with E-state index in [1.165, 1.54) is 0 Å². The van der Waals surface area contributed by atoms with Crippen LogP contribution in [0.15, 0.2) is 10.5 Å². The molecule has 1 unspecified atom stereocenters. The van der Waals surface area contributed by atoms with Crippen LogP contribution in [0.4, 0.5) is 4.39 Å². The smallest absolute Gasteiger partial charge is 0.131 e. The molecular weight excluding hydrogens is 233 g/mol. The average molecular weight is 246 g/mol. The Morgan fingerprint density at radius 2 is 2.00 bits per heavy atom. The molecule has 0 aliphatic carbocycles. The zero-order valence-electron chi connectivity index (χ0n) is 7.99. The second-order valence-electron chi connectivity index (χ2n) is 3.32. The number of halogens is 2. The number of hydrogen-bond acceptors (Lipinski definition) is 1. The molecule has 0 aromatic heterocycles. The Morgan fingerprint density at radius 1 is 1.46 bits per heavy atom. The van der Waals surface area contributed by atoms with Crippen molar-refractivity contribution in [2.24, 2.45) is 5.73 Å². The van der Waals surface area contributed by atoms with Crippen LogP contribution in [-0.2, 0) is 0 Å². The minimum absolute atomic E-state index is 0.185. The largest absolute Gasteiger partial charge is 0.324 e. The molecule has 13 heavy (non-hydrogen) atoms. The zero-order chi connectivity index (χ0) is 10.2. The maximum absolute atomic E-state index is 13.6. The first kappa shape index (κ1) is 10.7. The van der Waals surface area contributed by atoms with E-state index < -0.39 is 0 Å². The van der Waals surface area contributed by atoms with Crippen LogP contribution in [0.5, 0.6) is 0 Å². The SMILES string of the molecule is Cc1cc(Br)c(C)c(C(C)N)c1F. The molecule has 2 N–H and O–H groups in total. The van der Waals surface area contributed by atoms with Gasteiger partial charge in [0.2, 0.25) is 0 Å². The van der Waals surface area contributed by atoms with Gasteiger partial charge < -0.3 is 5.73 Å². The van der Waals surface area contributed by atoms with Gasteiger partial charge in [-0.3, -0.25) is 0 Å². The van der Waals surface area contributed by atoms with Crippen molar-refractivity contribution in [2.75, 3.05) is 0 Å². The highest BCUT2D eigenvalue weighted by Gasteiger charge is 2.14. The van der Waals surface area contributed by atoms with Gasteiger partial charge in [0.15, 0.2) is 0 Å². The molecule has 0 spiro atoms. The molecule has 1 nitrogen and oxygen atoms in total. The summed E-state index contributed by atoms with van der Waals surface area (Å²) in [6.45, 7) is 5.40. The summed E-state index contributed by atoms with van der Waals surface area (Å²) in [5.74, 6) is -0.185. The average Bonchev–Trinajstić information content (AvgIpc) is 2.01. The van der Waals surface area contributed by atoms with E-state index in [2.05, 4.69) is 15.9 Å². The zero-order valence-corrected chi connectivity index (χ0v) is 9.57. The molecular formula is C10H13BrFN. The van der Waals surface area contributed by atoms with Crippen molar-refractivity contribution in [1.29, 1.82) is 0 Å². The second-order valence-corrected chi connectivity index (χ2v) is 4.17. The van der Waals surface area contributed by atoms with E-state index in [0.29, 0.717) is 11.1 Å². The van der Waals surface area contributed by atoms with Gasteiger partial charge in [0.25, 0.3) is 0 Å². The molecule has 0 saturated heterocycles. The van der Waals surface area contributed by atoms with E-state index in [9.17, 15) is 4.39 Å². The van der Waals surface area contributed by atoms with Gasteiger partial charge in [-0.25, -0.2) is 4.39 Å². The summed E-state index contributed by atoms with van der Waals surface area (Å²) >= 11 is 3.38. The second kappa shape index (κ2) is 3.76. The molecule has 0 bridgehead atoms. The van der Waals surface area contributed by atoms with Crippen molar-refractivity contribution in [3.8, 4) is 0 Å². The predicted octanol–water partition coefficient (Wildman–Crippen LogP) is 3.22. The van der Waals surface area contributed by atoms with Crippen molar-refractivity contribution in [1.82, 2.24) is 0 Å². The summed E-state index contributed by atoms with van der Waals surface area (Å²) in [5, 5.41) is 0. The van der Waals surface area contributed by atoms with Gasteiger partial charge >= 0.3 is 0 Å². The summed E-state index contributed by atoms with van der Waals surface area (Å²) in [7, 11) is 0. The van der Waals surface area contributed by atoms with E-state index in [1.54, 1.807) is 19.9 Å². The molecule has 0 saturated carbocycles. The Bertz CT molecular complexity index is 308. The highest BCUT2D eigenvalue weighted by molar-refractivity contribution is 9.10. The Balaban J connectivity index is 3.46. The summed E-state index contributed by atoms with van der Waals surface area (Å²) in [6.07, 6.45) is 0. The van der Waals surface area contributed by atoms with E-state index in [4.69, 9.17) is 5.73 Å². The molecule has 72 valence electrons. The van der Waals surface area contributed by atoms with Crippen LogP contribution in [0.1, 0.15) is 29.7 Å². The first-order valence-electron chi connectivity index (χ1n) is 4.15. The molecule has 1 aromatic carbocycles. The minimum Gasteiger partial charge on any atom is -0.324 e. The Morgan fingerprint density at radius 3 is 2.46 bits per heavy atom. The number of rotatable bonds is 1. The Labute approximate surface area is 86.3 Å². The lowest BCUT2D eigenvalue weighted by Gasteiger charge is -2.14. The third kappa shape index (κ3) is 1.92. The van der Waals surface area contributed by atoms with Crippen LogP contribution in [0, 0.1) is 19.7 Å². The lowest BCUT2D eigenvalue weighted by molar-refractivity contribution is 0.582. The third-order valence-corrected chi connectivity index (χ3v) is 2.97. The fourth-order valence-corrected chi connectivity index (χ4v) is 1.97. The van der Waals surface area contributed by atoms with Gasteiger partial charge in [-0.2, -0.15) is 0 Å². The number of hydrogen-bond donors (Lipinski definition) is 1. The molecule has 0 fully saturated rings. The van der Waals surface area contributed by atoms with E-state index in [-0.39, 0.29) is 11.9 Å². The normalized spacial score (nSPS) is 13.1. The van der Waals surface area contributed by atoms with Crippen molar-refractivity contribution in [3.63, 3.8) is 0 Å². The van der Waals surface area contributed by atoms with Gasteiger partial charge in [0.05, 0.1) is 0 Å². The first-order chi connectivity index (χ1) is 5.95. The number of nitrogens with two attached hydrogens (primary N) is 1. The minimum atomic E-state index is -0.267. The molecule has 1 rings (SSSR count). The monoisotopic (exact) mass is 245 g/mol. The van der Waals surface area contributed by atoms with Crippen LogP contribution >= 0.6 is 15.9 Å². The maximum Gasteiger partial charge on any atom is 0.131 e. The molecule has 0 aliphatic rings. The quantitative estimate of drug-likeness (QED) is 0.808. The molecule has 3 heteroatoms. The van der Waals surface area contributed by atoms with Gasteiger partial charge in [-0.1, -0.05) is 15.9 Å². The van der Waals surface area contributed by atoms with Crippen LogP contribution < -0.4 is 5.73 Å². The van der Waals surface area contributed by atoms with Gasteiger partial charge in [0.1, 0.15) is 5.82 Å². The molecule has 0 radical (unpaired) electrons. The van der Waals surface area contributed by atoms with Crippen LogP contribution in [0.25, 0.3) is 0 Å². The Kier molecular flexibility index (Phi) is 3.09. The van der Waals surface area contributed by atoms with Crippen LogP contribution in [0.3, 0.4) is 0 Å². The molecule has 1 aromatic rings. The summed E-state index contributed by atoms with van der Waals surface area (Å²) < 4.78 is 14.5. The lowest BCUT2D eigenvalue weighted by Crippen LogP contribution is -2.11. The summed E-state index contributed by atoms with van der Waals surface area (Å²) in [5.41, 5.74) is 7.81. The van der Waals surface area contributed by atoms with Gasteiger partial charge in [0, 0.05) is 16.1 Å². The molecule has 0 aliphatic heterocycles. The maximum atomic E-state index is 13.6. The number of benzene rings is 1. The Hall–Kier alpha value is -0.410. The summed E-state index contributed by atoms with van der Waals surface area (Å²) in [6, 6.07) is 1.51.